The van der Waals surface area contributed by atoms with Gasteiger partial charge in [0.15, 0.2) is 0 Å². The fourth-order valence-electron chi connectivity index (χ4n) is 3.35. The lowest BCUT2D eigenvalue weighted by molar-refractivity contribution is 0.335. The summed E-state index contributed by atoms with van der Waals surface area (Å²) >= 11 is 0. The van der Waals surface area contributed by atoms with Crippen molar-refractivity contribution in [2.75, 3.05) is 0 Å². The SMILES string of the molecule is CC(C)C1(C)Cc2ccccc2Cc2ccccc21. The quantitative estimate of drug-likeness (QED) is 0.685. The second-order valence-electron chi connectivity index (χ2n) is 6.35. The van der Waals surface area contributed by atoms with Crippen molar-refractivity contribution in [2.24, 2.45) is 5.92 Å². The summed E-state index contributed by atoms with van der Waals surface area (Å²) < 4.78 is 0. The van der Waals surface area contributed by atoms with Crippen LogP contribution in [0.2, 0.25) is 0 Å². The minimum atomic E-state index is 0.239. The highest BCUT2D eigenvalue weighted by Gasteiger charge is 2.34. The van der Waals surface area contributed by atoms with Gasteiger partial charge in [-0.25, -0.2) is 0 Å². The molecule has 19 heavy (non-hydrogen) atoms. The van der Waals surface area contributed by atoms with E-state index in [1.165, 1.54) is 16.7 Å². The monoisotopic (exact) mass is 250 g/mol. The van der Waals surface area contributed by atoms with Crippen LogP contribution in [-0.4, -0.2) is 0 Å². The van der Waals surface area contributed by atoms with E-state index in [4.69, 9.17) is 0 Å². The van der Waals surface area contributed by atoms with Crippen molar-refractivity contribution >= 4 is 0 Å². The predicted octanol–water partition coefficient (Wildman–Crippen LogP) is 4.75. The van der Waals surface area contributed by atoms with Gasteiger partial charge in [-0.2, -0.15) is 0 Å². The Bertz CT molecular complexity index is 594. The molecule has 0 saturated carbocycles. The van der Waals surface area contributed by atoms with Crippen LogP contribution in [0.15, 0.2) is 48.5 Å². The fraction of sp³-hybridized carbons (Fsp3) is 0.368. The molecule has 0 fully saturated rings. The van der Waals surface area contributed by atoms with Crippen LogP contribution in [0.1, 0.15) is 43.0 Å². The molecule has 0 bridgehead atoms. The first kappa shape index (κ1) is 12.5. The fourth-order valence-corrected chi connectivity index (χ4v) is 3.35. The summed E-state index contributed by atoms with van der Waals surface area (Å²) in [5.74, 6) is 0.639. The van der Waals surface area contributed by atoms with Gasteiger partial charge in [0, 0.05) is 0 Å². The molecule has 2 aromatic rings. The van der Waals surface area contributed by atoms with Gasteiger partial charge in [-0.15, -0.1) is 0 Å². The van der Waals surface area contributed by atoms with Crippen LogP contribution in [0.4, 0.5) is 0 Å². The maximum absolute atomic E-state index is 2.43. The van der Waals surface area contributed by atoms with Crippen molar-refractivity contribution in [3.05, 3.63) is 70.8 Å². The van der Waals surface area contributed by atoms with Crippen molar-refractivity contribution in [2.45, 2.75) is 39.0 Å². The highest BCUT2D eigenvalue weighted by Crippen LogP contribution is 2.41. The van der Waals surface area contributed by atoms with Gasteiger partial charge >= 0.3 is 0 Å². The molecular weight excluding hydrogens is 228 g/mol. The summed E-state index contributed by atoms with van der Waals surface area (Å²) in [5, 5.41) is 0. The molecule has 0 heteroatoms. The highest BCUT2D eigenvalue weighted by molar-refractivity contribution is 5.45. The van der Waals surface area contributed by atoms with E-state index < -0.39 is 0 Å². The topological polar surface area (TPSA) is 0 Å². The Kier molecular flexibility index (Phi) is 2.97. The first-order chi connectivity index (χ1) is 9.11. The van der Waals surface area contributed by atoms with Crippen LogP contribution >= 0.6 is 0 Å². The molecule has 0 aromatic heterocycles. The Labute approximate surface area is 116 Å². The van der Waals surface area contributed by atoms with Crippen molar-refractivity contribution in [3.8, 4) is 0 Å². The molecule has 0 heterocycles. The summed E-state index contributed by atoms with van der Waals surface area (Å²) in [6.45, 7) is 7.13. The smallest absolute Gasteiger partial charge is 0.000902 e. The predicted molar refractivity (Wildman–Crippen MR) is 81.6 cm³/mol. The maximum atomic E-state index is 2.43. The molecule has 1 unspecified atom stereocenters. The average Bonchev–Trinajstić information content (AvgIpc) is 2.53. The zero-order valence-electron chi connectivity index (χ0n) is 12.1. The first-order valence-corrected chi connectivity index (χ1v) is 7.26. The molecule has 0 radical (unpaired) electrons. The highest BCUT2D eigenvalue weighted by atomic mass is 14.4. The number of rotatable bonds is 1. The van der Waals surface area contributed by atoms with Gasteiger partial charge in [0.1, 0.15) is 0 Å². The lowest BCUT2D eigenvalue weighted by Crippen LogP contribution is -2.31. The Morgan fingerprint density at radius 2 is 1.42 bits per heavy atom. The molecule has 1 atom stereocenters. The molecule has 0 amide bonds. The van der Waals surface area contributed by atoms with Crippen LogP contribution in [0.25, 0.3) is 0 Å². The van der Waals surface area contributed by atoms with E-state index in [0.717, 1.165) is 12.8 Å². The lowest BCUT2D eigenvalue weighted by atomic mass is 9.69. The zero-order valence-corrected chi connectivity index (χ0v) is 12.1. The molecule has 2 aromatic carbocycles. The second-order valence-corrected chi connectivity index (χ2v) is 6.35. The molecule has 98 valence electrons. The molecule has 0 aliphatic heterocycles. The van der Waals surface area contributed by atoms with E-state index >= 15 is 0 Å². The Morgan fingerprint density at radius 1 is 0.842 bits per heavy atom. The van der Waals surface area contributed by atoms with Crippen LogP contribution in [0.3, 0.4) is 0 Å². The number of fused-ring (bicyclic) bond motifs is 2. The molecule has 0 spiro atoms. The second kappa shape index (κ2) is 4.52. The van der Waals surface area contributed by atoms with Gasteiger partial charge in [-0.05, 0) is 46.4 Å². The van der Waals surface area contributed by atoms with Gasteiger partial charge in [-0.3, -0.25) is 0 Å². The van der Waals surface area contributed by atoms with E-state index in [1.807, 2.05) is 0 Å². The van der Waals surface area contributed by atoms with E-state index in [9.17, 15) is 0 Å². The summed E-state index contributed by atoms with van der Waals surface area (Å²) in [6.07, 6.45) is 2.23. The Hall–Kier alpha value is -1.56. The van der Waals surface area contributed by atoms with Crippen molar-refractivity contribution in [3.63, 3.8) is 0 Å². The van der Waals surface area contributed by atoms with Gasteiger partial charge in [0.2, 0.25) is 0 Å². The van der Waals surface area contributed by atoms with Crippen LogP contribution in [-0.2, 0) is 18.3 Å². The third-order valence-electron chi connectivity index (χ3n) is 4.96. The molecule has 1 aliphatic rings. The van der Waals surface area contributed by atoms with Crippen LogP contribution in [0.5, 0.6) is 0 Å². The maximum Gasteiger partial charge on any atom is -0.000902 e. The first-order valence-electron chi connectivity index (χ1n) is 7.26. The lowest BCUT2D eigenvalue weighted by Gasteiger charge is -2.35. The zero-order chi connectivity index (χ0) is 13.5. The normalized spacial score (nSPS) is 21.7. The van der Waals surface area contributed by atoms with E-state index in [1.54, 1.807) is 5.56 Å². The van der Waals surface area contributed by atoms with Crippen molar-refractivity contribution in [1.29, 1.82) is 0 Å². The van der Waals surface area contributed by atoms with Gasteiger partial charge in [-0.1, -0.05) is 69.3 Å². The van der Waals surface area contributed by atoms with Gasteiger partial charge in [0.05, 0.1) is 0 Å². The third kappa shape index (κ3) is 2.00. The van der Waals surface area contributed by atoms with E-state index in [-0.39, 0.29) is 5.41 Å². The third-order valence-corrected chi connectivity index (χ3v) is 4.96. The molecular formula is C19H22. The number of hydrogen-bond acceptors (Lipinski definition) is 0. The minimum absolute atomic E-state index is 0.239. The minimum Gasteiger partial charge on any atom is -0.0620 e. The largest absolute Gasteiger partial charge is 0.0620 e. The number of benzene rings is 2. The molecule has 0 saturated heterocycles. The van der Waals surface area contributed by atoms with Crippen LogP contribution < -0.4 is 0 Å². The summed E-state index contributed by atoms with van der Waals surface area (Å²) in [4.78, 5) is 0. The van der Waals surface area contributed by atoms with Gasteiger partial charge in [0.25, 0.3) is 0 Å². The molecule has 0 N–H and O–H groups in total. The van der Waals surface area contributed by atoms with Crippen LogP contribution in [0, 0.1) is 5.92 Å². The van der Waals surface area contributed by atoms with Crippen molar-refractivity contribution in [1.82, 2.24) is 0 Å². The summed E-state index contributed by atoms with van der Waals surface area (Å²) in [7, 11) is 0. The molecule has 0 nitrogen and oxygen atoms in total. The van der Waals surface area contributed by atoms with E-state index in [0.29, 0.717) is 5.92 Å². The average molecular weight is 250 g/mol. The number of hydrogen-bond donors (Lipinski definition) is 0. The summed E-state index contributed by atoms with van der Waals surface area (Å²) in [5.41, 5.74) is 6.31. The summed E-state index contributed by atoms with van der Waals surface area (Å²) in [6, 6.07) is 17.9. The van der Waals surface area contributed by atoms with E-state index in [2.05, 4.69) is 69.3 Å². The molecule has 1 aliphatic carbocycles. The van der Waals surface area contributed by atoms with Gasteiger partial charge < -0.3 is 0 Å². The Balaban J connectivity index is 2.23. The standard InChI is InChI=1S/C19H22/c1-14(2)19(3)13-17-10-5-4-8-15(17)12-16-9-6-7-11-18(16)19/h4-11,14H,12-13H2,1-3H3. The molecule has 3 rings (SSSR count). The Morgan fingerprint density at radius 3 is 2.11 bits per heavy atom. The van der Waals surface area contributed by atoms with Crippen molar-refractivity contribution < 1.29 is 0 Å².